The Morgan fingerprint density at radius 1 is 1.33 bits per heavy atom. The third kappa shape index (κ3) is 6.69. The van der Waals surface area contributed by atoms with Gasteiger partial charge in [0.1, 0.15) is 0 Å². The first-order valence-corrected chi connectivity index (χ1v) is 11.1. The van der Waals surface area contributed by atoms with Crippen LogP contribution in [-0.2, 0) is 12.8 Å². The van der Waals surface area contributed by atoms with Crippen molar-refractivity contribution in [2.45, 2.75) is 38.6 Å². The van der Waals surface area contributed by atoms with E-state index in [1.165, 1.54) is 40.7 Å². The normalized spacial score (nSPS) is 16.1. The number of thiophene rings is 1. The molecular formula is C19H30IN5S2. The highest BCUT2D eigenvalue weighted by Gasteiger charge is 2.24. The molecule has 1 aliphatic rings. The Kier molecular flexibility index (Phi) is 10.0. The van der Waals surface area contributed by atoms with Crippen molar-refractivity contribution in [3.05, 3.63) is 38.5 Å². The number of likely N-dealkylation sites (tertiary alicyclic amines) is 1. The van der Waals surface area contributed by atoms with Crippen LogP contribution in [0.1, 0.15) is 40.6 Å². The van der Waals surface area contributed by atoms with Gasteiger partial charge in [0.15, 0.2) is 5.96 Å². The first-order chi connectivity index (χ1) is 12.8. The number of aromatic nitrogens is 1. The minimum Gasteiger partial charge on any atom is -0.356 e. The number of rotatable bonds is 8. The van der Waals surface area contributed by atoms with E-state index in [2.05, 4.69) is 49.9 Å². The summed E-state index contributed by atoms with van der Waals surface area (Å²) in [4.78, 5) is 14.2. The topological polar surface area (TPSA) is 52.6 Å². The van der Waals surface area contributed by atoms with Gasteiger partial charge >= 0.3 is 0 Å². The number of aryl methyl sites for hydroxylation is 1. The molecule has 1 saturated heterocycles. The molecule has 3 heterocycles. The zero-order valence-corrected chi connectivity index (χ0v) is 20.1. The van der Waals surface area contributed by atoms with Gasteiger partial charge < -0.3 is 10.6 Å². The molecule has 2 N–H and O–H groups in total. The number of nitrogens with zero attached hydrogens (tertiary/aromatic N) is 3. The fourth-order valence-electron chi connectivity index (χ4n) is 3.27. The zero-order chi connectivity index (χ0) is 18.2. The van der Waals surface area contributed by atoms with Gasteiger partial charge in [0.25, 0.3) is 0 Å². The minimum atomic E-state index is 0. The maximum atomic E-state index is 4.48. The van der Waals surface area contributed by atoms with Crippen molar-refractivity contribution < 1.29 is 0 Å². The van der Waals surface area contributed by atoms with E-state index in [0.717, 1.165) is 31.9 Å². The van der Waals surface area contributed by atoms with E-state index >= 15 is 0 Å². The lowest BCUT2D eigenvalue weighted by molar-refractivity contribution is 0.249. The summed E-state index contributed by atoms with van der Waals surface area (Å²) in [6.07, 6.45) is 6.61. The highest BCUT2D eigenvalue weighted by atomic mass is 127. The van der Waals surface area contributed by atoms with E-state index in [1.807, 2.05) is 35.9 Å². The Morgan fingerprint density at radius 3 is 2.78 bits per heavy atom. The summed E-state index contributed by atoms with van der Waals surface area (Å²) in [6.45, 7) is 6.30. The second kappa shape index (κ2) is 12.0. The maximum absolute atomic E-state index is 4.48. The summed E-state index contributed by atoms with van der Waals surface area (Å²) >= 11 is 3.66. The number of thiazole rings is 1. The Balaban J connectivity index is 0.00000261. The minimum absolute atomic E-state index is 0. The molecule has 3 rings (SSSR count). The van der Waals surface area contributed by atoms with Crippen molar-refractivity contribution in [2.75, 3.05) is 33.2 Å². The van der Waals surface area contributed by atoms with Gasteiger partial charge in [-0.15, -0.1) is 46.7 Å². The van der Waals surface area contributed by atoms with Gasteiger partial charge in [-0.2, -0.15) is 0 Å². The molecule has 0 aromatic carbocycles. The Hall–Kier alpha value is -0.710. The number of guanidine groups is 1. The monoisotopic (exact) mass is 519 g/mol. The van der Waals surface area contributed by atoms with Crippen molar-refractivity contribution in [3.63, 3.8) is 0 Å². The first kappa shape index (κ1) is 22.6. The van der Waals surface area contributed by atoms with Gasteiger partial charge in [-0.3, -0.25) is 9.89 Å². The van der Waals surface area contributed by atoms with Crippen molar-refractivity contribution in [1.29, 1.82) is 0 Å². The van der Waals surface area contributed by atoms with Crippen LogP contribution in [0.3, 0.4) is 0 Å². The molecule has 2 aromatic heterocycles. The molecule has 5 nitrogen and oxygen atoms in total. The second-order valence-electron chi connectivity index (χ2n) is 6.48. The van der Waals surface area contributed by atoms with Gasteiger partial charge in [-0.05, 0) is 43.8 Å². The molecule has 0 amide bonds. The van der Waals surface area contributed by atoms with Crippen LogP contribution in [-0.4, -0.2) is 49.1 Å². The molecule has 150 valence electrons. The van der Waals surface area contributed by atoms with Crippen molar-refractivity contribution in [1.82, 2.24) is 20.5 Å². The molecule has 0 spiro atoms. The van der Waals surface area contributed by atoms with E-state index < -0.39 is 0 Å². The van der Waals surface area contributed by atoms with Gasteiger partial charge in [-0.25, -0.2) is 4.98 Å². The van der Waals surface area contributed by atoms with Crippen LogP contribution in [0.5, 0.6) is 0 Å². The van der Waals surface area contributed by atoms with E-state index in [9.17, 15) is 0 Å². The molecule has 27 heavy (non-hydrogen) atoms. The second-order valence-corrected chi connectivity index (χ2v) is 8.66. The molecule has 1 fully saturated rings. The fraction of sp³-hybridized carbons (Fsp3) is 0.579. The summed E-state index contributed by atoms with van der Waals surface area (Å²) < 4.78 is 0. The Bertz CT molecular complexity index is 680. The maximum Gasteiger partial charge on any atom is 0.191 e. The predicted molar refractivity (Wildman–Crippen MR) is 128 cm³/mol. The predicted octanol–water partition coefficient (Wildman–Crippen LogP) is 3.93. The van der Waals surface area contributed by atoms with E-state index in [0.29, 0.717) is 6.04 Å². The Morgan fingerprint density at radius 2 is 2.15 bits per heavy atom. The van der Waals surface area contributed by atoms with Crippen molar-refractivity contribution >= 4 is 52.6 Å². The molecule has 0 saturated carbocycles. The van der Waals surface area contributed by atoms with Crippen LogP contribution in [0.2, 0.25) is 0 Å². The summed E-state index contributed by atoms with van der Waals surface area (Å²) in [5, 5.41) is 10.3. The standard InChI is InChI=1S/C19H29N5S2.HI/c1-3-15-13-22-18(26-15)8-9-21-19(20-2)23-14-16(17-7-6-12-25-17)24-10-4-5-11-24;/h6-7,12-13,16H,3-5,8-11,14H2,1-2H3,(H2,20,21,23);1H. The summed E-state index contributed by atoms with van der Waals surface area (Å²) in [6, 6.07) is 4.83. The third-order valence-electron chi connectivity index (χ3n) is 4.72. The van der Waals surface area contributed by atoms with Crippen LogP contribution >= 0.6 is 46.7 Å². The van der Waals surface area contributed by atoms with Crippen LogP contribution < -0.4 is 10.6 Å². The highest BCUT2D eigenvalue weighted by molar-refractivity contribution is 14.0. The molecule has 1 aliphatic heterocycles. The van der Waals surface area contributed by atoms with Gasteiger partial charge in [0.05, 0.1) is 11.0 Å². The summed E-state index contributed by atoms with van der Waals surface area (Å²) in [5.41, 5.74) is 0. The smallest absolute Gasteiger partial charge is 0.191 e. The highest BCUT2D eigenvalue weighted by Crippen LogP contribution is 2.27. The van der Waals surface area contributed by atoms with E-state index in [-0.39, 0.29) is 24.0 Å². The van der Waals surface area contributed by atoms with E-state index in [1.54, 1.807) is 0 Å². The average molecular weight is 520 g/mol. The van der Waals surface area contributed by atoms with Crippen molar-refractivity contribution in [3.8, 4) is 0 Å². The summed E-state index contributed by atoms with van der Waals surface area (Å²) in [5.74, 6) is 0.873. The van der Waals surface area contributed by atoms with Gasteiger partial charge in [-0.1, -0.05) is 13.0 Å². The number of aliphatic imine (C=N–C) groups is 1. The molecule has 2 aromatic rings. The largest absolute Gasteiger partial charge is 0.356 e. The quantitative estimate of drug-likeness (QED) is 0.315. The average Bonchev–Trinajstić information content (AvgIpc) is 3.42. The van der Waals surface area contributed by atoms with Gasteiger partial charge in [0.2, 0.25) is 0 Å². The number of nitrogens with one attached hydrogen (secondary N) is 2. The third-order valence-corrected chi connectivity index (χ3v) is 6.90. The molecule has 0 bridgehead atoms. The lowest BCUT2D eigenvalue weighted by atomic mass is 10.2. The van der Waals surface area contributed by atoms with Gasteiger partial charge in [0, 0.05) is 42.5 Å². The molecule has 0 radical (unpaired) electrons. The SMILES string of the molecule is CCc1cnc(CCNC(=NC)NCC(c2cccs2)N2CCCC2)s1.I. The van der Waals surface area contributed by atoms with Crippen LogP contribution in [0.15, 0.2) is 28.7 Å². The lowest BCUT2D eigenvalue weighted by Gasteiger charge is -2.27. The van der Waals surface area contributed by atoms with E-state index in [4.69, 9.17) is 0 Å². The molecule has 1 unspecified atom stereocenters. The number of halogens is 1. The fourth-order valence-corrected chi connectivity index (χ4v) is 5.00. The zero-order valence-electron chi connectivity index (χ0n) is 16.1. The summed E-state index contributed by atoms with van der Waals surface area (Å²) in [7, 11) is 1.84. The molecular weight excluding hydrogens is 489 g/mol. The number of hydrogen-bond acceptors (Lipinski definition) is 5. The van der Waals surface area contributed by atoms with Crippen LogP contribution in [0.4, 0.5) is 0 Å². The van der Waals surface area contributed by atoms with Crippen molar-refractivity contribution in [2.24, 2.45) is 4.99 Å². The molecule has 0 aliphatic carbocycles. The lowest BCUT2D eigenvalue weighted by Crippen LogP contribution is -2.43. The van der Waals surface area contributed by atoms with Crippen LogP contribution in [0, 0.1) is 0 Å². The Labute approximate surface area is 187 Å². The molecule has 1 atom stereocenters. The van der Waals surface area contributed by atoms with Crippen LogP contribution in [0.25, 0.3) is 0 Å². The number of hydrogen-bond donors (Lipinski definition) is 2. The first-order valence-electron chi connectivity index (χ1n) is 9.45. The molecule has 8 heteroatoms.